The van der Waals surface area contributed by atoms with E-state index in [0.29, 0.717) is 0 Å². The Morgan fingerprint density at radius 3 is 1.77 bits per heavy atom. The molecule has 10 rings (SSSR count). The summed E-state index contributed by atoms with van der Waals surface area (Å²) in [5, 5.41) is 8.09. The van der Waals surface area contributed by atoms with Crippen LogP contribution >= 0.6 is 7.14 Å². The first-order valence-corrected chi connectivity index (χ1v) is 19.5. The maximum atomic E-state index is 15.1. The molecule has 0 radical (unpaired) electrons. The van der Waals surface area contributed by atoms with E-state index in [2.05, 4.69) is 109 Å². The zero-order valence-corrected chi connectivity index (χ0v) is 29.6. The SMILES string of the molecule is O=P(c1ccccc1)(c1ccccc1)c1cccc(-c2ccc(-c3nc4ccc(-c5ccc6ccccc6c5)cc4c4c3oc3ccccc34)cc2)c1. The van der Waals surface area contributed by atoms with Crippen LogP contribution in [0.2, 0.25) is 0 Å². The molecule has 0 fully saturated rings. The summed E-state index contributed by atoms with van der Waals surface area (Å²) in [4.78, 5) is 5.24. The van der Waals surface area contributed by atoms with Crippen molar-refractivity contribution < 1.29 is 8.98 Å². The van der Waals surface area contributed by atoms with E-state index in [1.54, 1.807) is 0 Å². The van der Waals surface area contributed by atoms with Crippen molar-refractivity contribution in [3.63, 3.8) is 0 Å². The van der Waals surface area contributed by atoms with E-state index < -0.39 is 7.14 Å². The summed E-state index contributed by atoms with van der Waals surface area (Å²) in [6.07, 6.45) is 0. The van der Waals surface area contributed by atoms with Gasteiger partial charge in [0.05, 0.1) is 5.52 Å². The highest BCUT2D eigenvalue weighted by Crippen LogP contribution is 2.44. The van der Waals surface area contributed by atoms with Gasteiger partial charge in [0.2, 0.25) is 0 Å². The standard InChI is InChI=1S/C49H32NO2P/c51-53(40-15-3-1-4-16-40,41-17-5-2-6-18-41)42-19-11-14-37(31-42)34-22-25-35(26-23-34)48-49-47(43-20-9-10-21-46(43)52-49)44-32-39(28-29-45(44)50-48)38-27-24-33-12-7-8-13-36(33)30-38/h1-32H. The molecule has 0 aliphatic carbocycles. The van der Waals surface area contributed by atoms with Crippen molar-refractivity contribution in [2.45, 2.75) is 0 Å². The maximum Gasteiger partial charge on any atom is 0.171 e. The predicted molar refractivity (Wildman–Crippen MR) is 222 cm³/mol. The van der Waals surface area contributed by atoms with E-state index in [4.69, 9.17) is 9.40 Å². The number of pyridine rings is 1. The van der Waals surface area contributed by atoms with Gasteiger partial charge >= 0.3 is 0 Å². The first-order valence-electron chi connectivity index (χ1n) is 17.8. The Labute approximate surface area is 307 Å². The first kappa shape index (κ1) is 31.2. The number of fused-ring (bicyclic) bond motifs is 6. The second-order valence-corrected chi connectivity index (χ2v) is 16.2. The van der Waals surface area contributed by atoms with Gasteiger partial charge in [-0.15, -0.1) is 0 Å². The third kappa shape index (κ3) is 5.29. The van der Waals surface area contributed by atoms with Crippen molar-refractivity contribution >= 4 is 66.7 Å². The number of aromatic nitrogens is 1. The van der Waals surface area contributed by atoms with Crippen LogP contribution in [0.1, 0.15) is 0 Å². The Morgan fingerprint density at radius 2 is 1.00 bits per heavy atom. The Kier molecular flexibility index (Phi) is 7.42. The molecule has 0 saturated heterocycles. The molecule has 3 nitrogen and oxygen atoms in total. The molecular formula is C49H32NO2P. The normalized spacial score (nSPS) is 11.8. The van der Waals surface area contributed by atoms with Crippen molar-refractivity contribution in [1.29, 1.82) is 0 Å². The van der Waals surface area contributed by atoms with Gasteiger partial charge < -0.3 is 8.98 Å². The summed E-state index contributed by atoms with van der Waals surface area (Å²) in [6, 6.07) is 66.1. The zero-order valence-electron chi connectivity index (χ0n) is 28.7. The van der Waals surface area contributed by atoms with E-state index in [0.717, 1.165) is 76.7 Å². The van der Waals surface area contributed by atoms with E-state index in [9.17, 15) is 0 Å². The van der Waals surface area contributed by atoms with Crippen molar-refractivity contribution in [3.8, 4) is 33.5 Å². The van der Waals surface area contributed by atoms with Crippen molar-refractivity contribution in [3.05, 3.63) is 194 Å². The lowest BCUT2D eigenvalue weighted by Gasteiger charge is -2.20. The molecule has 4 heteroatoms. The topological polar surface area (TPSA) is 43.1 Å². The fraction of sp³-hybridized carbons (Fsp3) is 0. The van der Waals surface area contributed by atoms with Crippen molar-refractivity contribution in [2.24, 2.45) is 0 Å². The Bertz CT molecular complexity index is 2980. The summed E-state index contributed by atoms with van der Waals surface area (Å²) in [7, 11) is -3.10. The molecule has 2 aromatic heterocycles. The van der Waals surface area contributed by atoms with E-state index in [1.807, 2.05) is 84.9 Å². The van der Waals surface area contributed by atoms with Crippen LogP contribution in [0.5, 0.6) is 0 Å². The van der Waals surface area contributed by atoms with Gasteiger partial charge in [0.25, 0.3) is 0 Å². The summed E-state index contributed by atoms with van der Waals surface area (Å²) >= 11 is 0. The molecule has 8 aromatic carbocycles. The number of nitrogens with zero attached hydrogens (tertiary/aromatic N) is 1. The van der Waals surface area contributed by atoms with Gasteiger partial charge in [0, 0.05) is 37.6 Å². The molecule has 250 valence electrons. The highest BCUT2D eigenvalue weighted by Gasteiger charge is 2.29. The van der Waals surface area contributed by atoms with Gasteiger partial charge in [0.1, 0.15) is 11.3 Å². The summed E-state index contributed by atoms with van der Waals surface area (Å²) in [5.41, 5.74) is 8.64. The summed E-state index contributed by atoms with van der Waals surface area (Å²) in [5.74, 6) is 0. The van der Waals surface area contributed by atoms with Gasteiger partial charge in [-0.25, -0.2) is 4.98 Å². The van der Waals surface area contributed by atoms with E-state index in [-0.39, 0.29) is 0 Å². The molecule has 0 N–H and O–H groups in total. The molecular weight excluding hydrogens is 666 g/mol. The molecule has 0 atom stereocenters. The fourth-order valence-electron chi connectivity index (χ4n) is 7.65. The summed E-state index contributed by atoms with van der Waals surface area (Å²) < 4.78 is 21.7. The predicted octanol–water partition coefficient (Wildman–Crippen LogP) is 11.9. The minimum absolute atomic E-state index is 0.774. The van der Waals surface area contributed by atoms with Gasteiger partial charge in [0.15, 0.2) is 12.7 Å². The minimum atomic E-state index is -3.10. The van der Waals surface area contributed by atoms with Crippen LogP contribution in [0.15, 0.2) is 199 Å². The molecule has 0 spiro atoms. The van der Waals surface area contributed by atoms with Crippen LogP contribution in [0.4, 0.5) is 0 Å². The Morgan fingerprint density at radius 1 is 0.415 bits per heavy atom. The van der Waals surface area contributed by atoms with Crippen molar-refractivity contribution in [2.75, 3.05) is 0 Å². The van der Waals surface area contributed by atoms with Gasteiger partial charge in [-0.1, -0.05) is 164 Å². The van der Waals surface area contributed by atoms with Crippen LogP contribution in [-0.4, -0.2) is 4.98 Å². The van der Waals surface area contributed by atoms with Gasteiger partial charge in [-0.05, 0) is 63.4 Å². The maximum absolute atomic E-state index is 15.1. The Balaban J connectivity index is 1.08. The van der Waals surface area contributed by atoms with Crippen LogP contribution in [-0.2, 0) is 4.57 Å². The molecule has 0 aliphatic heterocycles. The lowest BCUT2D eigenvalue weighted by Crippen LogP contribution is -2.25. The zero-order chi connectivity index (χ0) is 35.4. The minimum Gasteiger partial charge on any atom is -0.454 e. The molecule has 0 unspecified atom stereocenters. The number of para-hydroxylation sites is 1. The monoisotopic (exact) mass is 697 g/mol. The second kappa shape index (κ2) is 12.6. The number of hydrogen-bond acceptors (Lipinski definition) is 3. The number of benzene rings is 8. The van der Waals surface area contributed by atoms with Gasteiger partial charge in [-0.3, -0.25) is 0 Å². The quantitative estimate of drug-likeness (QED) is 0.162. The summed E-state index contributed by atoms with van der Waals surface area (Å²) in [6.45, 7) is 0. The number of furan rings is 1. The molecule has 0 bridgehead atoms. The number of rotatable bonds is 6. The third-order valence-electron chi connectivity index (χ3n) is 10.3. The highest BCUT2D eigenvalue weighted by atomic mass is 31.2. The van der Waals surface area contributed by atoms with Crippen LogP contribution in [0.25, 0.3) is 77.1 Å². The largest absolute Gasteiger partial charge is 0.454 e. The molecule has 2 heterocycles. The van der Waals surface area contributed by atoms with Crippen molar-refractivity contribution in [1.82, 2.24) is 4.98 Å². The lowest BCUT2D eigenvalue weighted by molar-refractivity contribution is 0.592. The molecule has 0 aliphatic rings. The van der Waals surface area contributed by atoms with Crippen LogP contribution in [0, 0.1) is 0 Å². The first-order chi connectivity index (χ1) is 26.1. The molecule has 0 saturated carbocycles. The Hall–Kier alpha value is -6.54. The van der Waals surface area contributed by atoms with E-state index >= 15 is 4.57 Å². The number of hydrogen-bond donors (Lipinski definition) is 0. The molecule has 53 heavy (non-hydrogen) atoms. The van der Waals surface area contributed by atoms with Crippen LogP contribution < -0.4 is 15.9 Å². The molecule has 10 aromatic rings. The van der Waals surface area contributed by atoms with Crippen LogP contribution in [0.3, 0.4) is 0 Å². The average molecular weight is 698 g/mol. The average Bonchev–Trinajstić information content (AvgIpc) is 3.64. The third-order valence-corrected chi connectivity index (χ3v) is 13.4. The lowest BCUT2D eigenvalue weighted by atomic mass is 9.97. The molecule has 0 amide bonds. The second-order valence-electron chi connectivity index (χ2n) is 13.5. The van der Waals surface area contributed by atoms with E-state index in [1.165, 1.54) is 16.3 Å². The van der Waals surface area contributed by atoms with Gasteiger partial charge in [-0.2, -0.15) is 0 Å². The fourth-order valence-corrected chi connectivity index (χ4v) is 10.3. The highest BCUT2D eigenvalue weighted by molar-refractivity contribution is 7.85. The smallest absolute Gasteiger partial charge is 0.171 e.